The quantitative estimate of drug-likeness (QED) is 0.918. The van der Waals surface area contributed by atoms with Crippen LogP contribution in [0.15, 0.2) is 48.5 Å². The smallest absolute Gasteiger partial charge is 0.232 e. The lowest BCUT2D eigenvalue weighted by Crippen LogP contribution is -2.34. The molecule has 1 aliphatic rings. The minimum absolute atomic E-state index is 0.0482. The van der Waals surface area contributed by atoms with Crippen molar-refractivity contribution in [3.63, 3.8) is 0 Å². The van der Waals surface area contributed by atoms with Gasteiger partial charge in [-0.15, -0.1) is 0 Å². The van der Waals surface area contributed by atoms with Gasteiger partial charge in [0.15, 0.2) is 0 Å². The van der Waals surface area contributed by atoms with Crippen molar-refractivity contribution in [2.24, 2.45) is 0 Å². The molecule has 0 unspecified atom stereocenters. The van der Waals surface area contributed by atoms with E-state index >= 15 is 0 Å². The summed E-state index contributed by atoms with van der Waals surface area (Å²) in [7, 11) is -3.65. The highest BCUT2D eigenvalue weighted by atomic mass is 32.2. The maximum absolute atomic E-state index is 13.2. The zero-order chi connectivity index (χ0) is 16.6. The molecule has 0 radical (unpaired) electrons. The van der Waals surface area contributed by atoms with Crippen molar-refractivity contribution in [3.8, 4) is 0 Å². The van der Waals surface area contributed by atoms with Gasteiger partial charge < -0.3 is 5.32 Å². The van der Waals surface area contributed by atoms with Crippen molar-refractivity contribution < 1.29 is 17.6 Å². The fourth-order valence-electron chi connectivity index (χ4n) is 2.75. The van der Waals surface area contributed by atoms with Crippen molar-refractivity contribution in [2.75, 3.05) is 15.9 Å². The van der Waals surface area contributed by atoms with Crippen LogP contribution in [0.5, 0.6) is 0 Å². The van der Waals surface area contributed by atoms with Crippen LogP contribution in [0.25, 0.3) is 0 Å². The molecule has 0 saturated carbocycles. The Kier molecular flexibility index (Phi) is 3.81. The number of carbonyl (C=O) groups is 1. The number of amides is 1. The Morgan fingerprint density at radius 2 is 1.78 bits per heavy atom. The number of halogens is 1. The molecule has 120 valence electrons. The zero-order valence-electron chi connectivity index (χ0n) is 12.4. The summed E-state index contributed by atoms with van der Waals surface area (Å²) in [6, 6.07) is 11.5. The third-order valence-electron chi connectivity index (χ3n) is 3.69. The van der Waals surface area contributed by atoms with E-state index in [1.807, 2.05) is 0 Å². The Bertz CT molecular complexity index is 850. The van der Waals surface area contributed by atoms with Gasteiger partial charge in [-0.05, 0) is 29.8 Å². The molecule has 2 aromatic carbocycles. The van der Waals surface area contributed by atoms with Crippen LogP contribution in [-0.4, -0.2) is 20.6 Å². The molecule has 5 nitrogen and oxygen atoms in total. The highest BCUT2D eigenvalue weighted by Gasteiger charge is 2.34. The number of anilines is 2. The average Bonchev–Trinajstić information content (AvgIpc) is 2.63. The summed E-state index contributed by atoms with van der Waals surface area (Å²) in [5.41, 5.74) is 1.39. The van der Waals surface area contributed by atoms with Gasteiger partial charge in [-0.1, -0.05) is 24.3 Å². The van der Waals surface area contributed by atoms with Crippen LogP contribution in [0, 0.1) is 5.82 Å². The fraction of sp³-hybridized carbons (Fsp3) is 0.188. The Labute approximate surface area is 133 Å². The van der Waals surface area contributed by atoms with Crippen LogP contribution in [0.2, 0.25) is 0 Å². The highest BCUT2D eigenvalue weighted by molar-refractivity contribution is 7.92. The molecule has 2 aromatic rings. The summed E-state index contributed by atoms with van der Waals surface area (Å²) in [5.74, 6) is -0.712. The summed E-state index contributed by atoms with van der Waals surface area (Å²) < 4.78 is 39.1. The second-order valence-electron chi connectivity index (χ2n) is 5.40. The number of rotatable bonds is 2. The Balaban J connectivity index is 2.20. The van der Waals surface area contributed by atoms with Gasteiger partial charge in [0.25, 0.3) is 0 Å². The normalized spacial score (nSPS) is 18.1. The molecular formula is C16H15FN2O3S. The molecule has 0 saturated heterocycles. The van der Waals surface area contributed by atoms with E-state index in [4.69, 9.17) is 0 Å². The van der Waals surface area contributed by atoms with E-state index in [9.17, 15) is 17.6 Å². The van der Waals surface area contributed by atoms with Crippen molar-refractivity contribution >= 4 is 27.3 Å². The number of hydrogen-bond donors (Lipinski definition) is 1. The summed E-state index contributed by atoms with van der Waals surface area (Å²) in [4.78, 5) is 12.2. The molecule has 0 spiro atoms. The van der Waals surface area contributed by atoms with Crippen LogP contribution in [0.3, 0.4) is 0 Å². The molecule has 3 rings (SSSR count). The van der Waals surface area contributed by atoms with Gasteiger partial charge in [0, 0.05) is 0 Å². The molecule has 1 heterocycles. The van der Waals surface area contributed by atoms with Gasteiger partial charge in [0.1, 0.15) is 5.82 Å². The number of nitrogens with one attached hydrogen (secondary N) is 1. The Morgan fingerprint density at radius 1 is 1.13 bits per heavy atom. The third-order valence-corrected chi connectivity index (χ3v) is 4.86. The lowest BCUT2D eigenvalue weighted by molar-refractivity contribution is -0.116. The summed E-state index contributed by atoms with van der Waals surface area (Å²) in [6.07, 6.45) is 1.05. The van der Waals surface area contributed by atoms with E-state index in [0.29, 0.717) is 16.9 Å². The lowest BCUT2D eigenvalue weighted by atomic mass is 10.0. The molecule has 1 N–H and O–H groups in total. The molecule has 1 atom stereocenters. The highest BCUT2D eigenvalue weighted by Crippen LogP contribution is 2.39. The van der Waals surface area contributed by atoms with Crippen molar-refractivity contribution in [2.45, 2.75) is 12.5 Å². The number of fused-ring (bicyclic) bond motifs is 1. The third kappa shape index (κ3) is 3.05. The summed E-state index contributed by atoms with van der Waals surface area (Å²) in [6.45, 7) is 0. The first-order valence-corrected chi connectivity index (χ1v) is 8.85. The van der Waals surface area contributed by atoms with E-state index in [1.165, 1.54) is 28.6 Å². The van der Waals surface area contributed by atoms with Gasteiger partial charge in [-0.3, -0.25) is 9.10 Å². The number of benzene rings is 2. The molecule has 0 bridgehead atoms. The van der Waals surface area contributed by atoms with Crippen LogP contribution in [-0.2, 0) is 14.8 Å². The largest absolute Gasteiger partial charge is 0.324 e. The first kappa shape index (κ1) is 15.5. The molecule has 23 heavy (non-hydrogen) atoms. The van der Waals surface area contributed by atoms with Crippen LogP contribution < -0.4 is 9.62 Å². The number of carbonyl (C=O) groups excluding carboxylic acids is 1. The molecular weight excluding hydrogens is 319 g/mol. The van der Waals surface area contributed by atoms with Gasteiger partial charge in [-0.2, -0.15) is 0 Å². The topological polar surface area (TPSA) is 66.5 Å². The second-order valence-corrected chi connectivity index (χ2v) is 7.26. The van der Waals surface area contributed by atoms with Gasteiger partial charge >= 0.3 is 0 Å². The van der Waals surface area contributed by atoms with E-state index in [-0.39, 0.29) is 12.3 Å². The maximum Gasteiger partial charge on any atom is 0.232 e. The lowest BCUT2D eigenvalue weighted by Gasteiger charge is -2.30. The predicted octanol–water partition coefficient (Wildman–Crippen LogP) is 2.68. The maximum atomic E-state index is 13.2. The van der Waals surface area contributed by atoms with Crippen molar-refractivity contribution in [1.82, 2.24) is 0 Å². The minimum atomic E-state index is -3.65. The first-order chi connectivity index (χ1) is 10.9. The van der Waals surface area contributed by atoms with Gasteiger partial charge in [-0.25, -0.2) is 12.8 Å². The van der Waals surface area contributed by atoms with E-state index in [0.717, 1.165) is 6.26 Å². The molecule has 1 aliphatic heterocycles. The molecule has 0 aliphatic carbocycles. The summed E-state index contributed by atoms with van der Waals surface area (Å²) in [5, 5.41) is 2.72. The average molecular weight is 334 g/mol. The molecule has 0 aromatic heterocycles. The van der Waals surface area contributed by atoms with Crippen molar-refractivity contribution in [3.05, 3.63) is 59.9 Å². The van der Waals surface area contributed by atoms with Crippen LogP contribution >= 0.6 is 0 Å². The minimum Gasteiger partial charge on any atom is -0.324 e. The van der Waals surface area contributed by atoms with Crippen LogP contribution in [0.4, 0.5) is 15.8 Å². The number of sulfonamides is 1. The van der Waals surface area contributed by atoms with Crippen LogP contribution in [0.1, 0.15) is 18.0 Å². The van der Waals surface area contributed by atoms with Gasteiger partial charge in [0.2, 0.25) is 15.9 Å². The first-order valence-electron chi connectivity index (χ1n) is 7.00. The van der Waals surface area contributed by atoms with E-state index in [2.05, 4.69) is 5.32 Å². The molecule has 1 amide bonds. The molecule has 0 fully saturated rings. The zero-order valence-corrected chi connectivity index (χ0v) is 13.2. The monoisotopic (exact) mass is 334 g/mol. The fourth-order valence-corrected chi connectivity index (χ4v) is 3.92. The van der Waals surface area contributed by atoms with E-state index in [1.54, 1.807) is 24.3 Å². The number of para-hydroxylation sites is 2. The number of hydrogen-bond acceptors (Lipinski definition) is 3. The predicted molar refractivity (Wildman–Crippen MR) is 86.2 cm³/mol. The number of nitrogens with zero attached hydrogens (tertiary/aromatic N) is 1. The van der Waals surface area contributed by atoms with Gasteiger partial charge in [0.05, 0.1) is 30.1 Å². The molecule has 7 heteroatoms. The van der Waals surface area contributed by atoms with E-state index < -0.39 is 21.9 Å². The Hall–Kier alpha value is -2.41. The summed E-state index contributed by atoms with van der Waals surface area (Å²) >= 11 is 0. The van der Waals surface area contributed by atoms with Crippen molar-refractivity contribution in [1.29, 1.82) is 0 Å². The second kappa shape index (κ2) is 5.66. The Morgan fingerprint density at radius 3 is 2.43 bits per heavy atom. The standard InChI is InChI=1S/C16H15FN2O3S/c1-23(21,22)19-14-5-3-2-4-13(14)18-16(20)10-15(19)11-6-8-12(17)9-7-11/h2-9,15H,10H2,1H3,(H,18,20)/t15-/m1/s1. The SMILES string of the molecule is CS(=O)(=O)N1c2ccccc2NC(=O)C[C@@H]1c1ccc(F)cc1.